The SMILES string of the molecule is CCN(Cc1ccncc1)C(=O)c1ccc2c(c1)nc(-c1cccc(Oc3ccccc3)c1)n2C(CCCN=C(N)N)C(N)=O. The number of guanidine groups is 1. The van der Waals surface area contributed by atoms with Crippen LogP contribution in [0.5, 0.6) is 11.5 Å². The topological polar surface area (TPSA) is 168 Å². The Morgan fingerprint density at radius 3 is 2.40 bits per heavy atom. The minimum atomic E-state index is -0.752. The van der Waals surface area contributed by atoms with Crippen LogP contribution in [0.3, 0.4) is 0 Å². The van der Waals surface area contributed by atoms with Crippen molar-refractivity contribution in [3.63, 3.8) is 0 Å². The highest BCUT2D eigenvalue weighted by molar-refractivity contribution is 5.98. The van der Waals surface area contributed by atoms with Crippen LogP contribution in [0.25, 0.3) is 22.4 Å². The van der Waals surface area contributed by atoms with Gasteiger partial charge in [-0.1, -0.05) is 30.3 Å². The maximum Gasteiger partial charge on any atom is 0.254 e. The molecule has 5 aromatic rings. The van der Waals surface area contributed by atoms with Crippen molar-refractivity contribution in [2.45, 2.75) is 32.4 Å². The number of aliphatic imine (C=N–C) groups is 1. The van der Waals surface area contributed by atoms with E-state index in [0.717, 1.165) is 11.1 Å². The van der Waals surface area contributed by atoms with Gasteiger partial charge in [-0.15, -0.1) is 0 Å². The lowest BCUT2D eigenvalue weighted by Gasteiger charge is -2.21. The summed E-state index contributed by atoms with van der Waals surface area (Å²) in [6.45, 7) is 3.25. The molecule has 6 N–H and O–H groups in total. The number of carbonyl (C=O) groups excluding carboxylic acids is 2. The molecule has 0 radical (unpaired) electrons. The van der Waals surface area contributed by atoms with E-state index in [9.17, 15) is 9.59 Å². The Labute approximate surface area is 261 Å². The Morgan fingerprint density at radius 2 is 1.69 bits per heavy atom. The molecule has 3 aromatic carbocycles. The Kier molecular flexibility index (Phi) is 9.68. The van der Waals surface area contributed by atoms with Crippen LogP contribution < -0.4 is 21.9 Å². The van der Waals surface area contributed by atoms with Crippen molar-refractivity contribution in [2.75, 3.05) is 13.1 Å². The zero-order valence-electron chi connectivity index (χ0n) is 25.0. The largest absolute Gasteiger partial charge is 0.457 e. The number of aromatic nitrogens is 3. The molecule has 0 spiro atoms. The van der Waals surface area contributed by atoms with E-state index < -0.39 is 11.9 Å². The van der Waals surface area contributed by atoms with Gasteiger partial charge in [0.25, 0.3) is 5.91 Å². The highest BCUT2D eigenvalue weighted by atomic mass is 16.5. The molecular formula is C34H36N8O3. The number of rotatable bonds is 13. The third-order valence-corrected chi connectivity index (χ3v) is 7.37. The van der Waals surface area contributed by atoms with Crippen LogP contribution in [0, 0.1) is 0 Å². The fourth-order valence-electron chi connectivity index (χ4n) is 5.18. The molecule has 0 bridgehead atoms. The fourth-order valence-corrected chi connectivity index (χ4v) is 5.18. The Bertz CT molecular complexity index is 1800. The summed E-state index contributed by atoms with van der Waals surface area (Å²) in [6, 6.07) is 25.3. The smallest absolute Gasteiger partial charge is 0.254 e. The molecule has 1 atom stereocenters. The molecule has 11 heteroatoms. The predicted molar refractivity (Wildman–Crippen MR) is 174 cm³/mol. The third-order valence-electron chi connectivity index (χ3n) is 7.37. The van der Waals surface area contributed by atoms with Gasteiger partial charge in [-0.05, 0) is 79.9 Å². The number of hydrogen-bond donors (Lipinski definition) is 3. The molecule has 230 valence electrons. The van der Waals surface area contributed by atoms with E-state index in [2.05, 4.69) is 9.98 Å². The molecule has 0 aliphatic rings. The highest BCUT2D eigenvalue weighted by Gasteiger charge is 2.26. The van der Waals surface area contributed by atoms with Crippen LogP contribution in [0.1, 0.15) is 41.7 Å². The number of fused-ring (bicyclic) bond motifs is 1. The number of nitrogens with zero attached hydrogens (tertiary/aromatic N) is 5. The van der Waals surface area contributed by atoms with Gasteiger partial charge in [0.2, 0.25) is 5.91 Å². The van der Waals surface area contributed by atoms with E-state index >= 15 is 0 Å². The molecule has 0 fully saturated rings. The predicted octanol–water partition coefficient (Wildman–Crippen LogP) is 4.63. The molecule has 0 saturated carbocycles. The van der Waals surface area contributed by atoms with Crippen LogP contribution in [0.2, 0.25) is 0 Å². The van der Waals surface area contributed by atoms with E-state index in [1.807, 2.05) is 84.3 Å². The van der Waals surface area contributed by atoms with Crippen molar-refractivity contribution >= 4 is 28.8 Å². The Hall–Kier alpha value is -5.71. The second-order valence-corrected chi connectivity index (χ2v) is 10.5. The van der Waals surface area contributed by atoms with Gasteiger partial charge >= 0.3 is 0 Å². The summed E-state index contributed by atoms with van der Waals surface area (Å²) in [6.07, 6.45) is 4.31. The van der Waals surface area contributed by atoms with Crippen molar-refractivity contribution in [3.8, 4) is 22.9 Å². The van der Waals surface area contributed by atoms with Crippen molar-refractivity contribution in [1.29, 1.82) is 0 Å². The van der Waals surface area contributed by atoms with Gasteiger partial charge in [-0.2, -0.15) is 0 Å². The first kappa shape index (κ1) is 30.7. The van der Waals surface area contributed by atoms with Crippen LogP contribution in [-0.4, -0.2) is 50.3 Å². The van der Waals surface area contributed by atoms with Crippen LogP contribution >= 0.6 is 0 Å². The number of para-hydroxylation sites is 1. The number of ether oxygens (including phenoxy) is 1. The van der Waals surface area contributed by atoms with Gasteiger partial charge < -0.3 is 31.4 Å². The summed E-state index contributed by atoms with van der Waals surface area (Å²) in [5, 5.41) is 0. The molecule has 11 nitrogen and oxygen atoms in total. The van der Waals surface area contributed by atoms with Crippen molar-refractivity contribution < 1.29 is 14.3 Å². The normalized spacial score (nSPS) is 11.6. The minimum absolute atomic E-state index is 0.0168. The van der Waals surface area contributed by atoms with Crippen molar-refractivity contribution in [3.05, 3.63) is 108 Å². The van der Waals surface area contributed by atoms with Gasteiger partial charge in [-0.3, -0.25) is 19.6 Å². The molecule has 2 aromatic heterocycles. The molecule has 0 saturated heterocycles. The number of hydrogen-bond acceptors (Lipinski definition) is 6. The summed E-state index contributed by atoms with van der Waals surface area (Å²) >= 11 is 0. The van der Waals surface area contributed by atoms with E-state index in [-0.39, 0.29) is 11.9 Å². The number of benzene rings is 3. The molecule has 2 heterocycles. The number of amides is 2. The van der Waals surface area contributed by atoms with Crippen LogP contribution in [0.4, 0.5) is 0 Å². The first-order valence-corrected chi connectivity index (χ1v) is 14.7. The standard InChI is InChI=1S/C34H36N8O3/c1-2-41(22-23-15-18-38-19-16-23)33(44)25-13-14-29-28(21-25)40-32(42(29)30(31(35)43)12-7-17-39-34(36)37)24-8-6-11-27(20-24)45-26-9-4-3-5-10-26/h3-6,8-11,13-16,18-21,30H,2,7,12,17,22H2,1H3,(H2,35,43)(H4,36,37,39). The lowest BCUT2D eigenvalue weighted by Crippen LogP contribution is -2.30. The highest BCUT2D eigenvalue weighted by Crippen LogP contribution is 2.33. The number of pyridine rings is 1. The first-order chi connectivity index (χ1) is 21.8. The number of carbonyl (C=O) groups is 2. The second kappa shape index (κ2) is 14.2. The van der Waals surface area contributed by atoms with E-state index in [0.29, 0.717) is 66.4 Å². The molecule has 5 rings (SSSR count). The number of nitrogens with two attached hydrogens (primary N) is 3. The average Bonchev–Trinajstić information content (AvgIpc) is 3.42. The van der Waals surface area contributed by atoms with Gasteiger partial charge in [0.15, 0.2) is 5.96 Å². The van der Waals surface area contributed by atoms with E-state index in [1.165, 1.54) is 0 Å². The zero-order valence-corrected chi connectivity index (χ0v) is 25.0. The first-order valence-electron chi connectivity index (χ1n) is 14.7. The van der Waals surface area contributed by atoms with Crippen LogP contribution in [-0.2, 0) is 11.3 Å². The monoisotopic (exact) mass is 604 g/mol. The van der Waals surface area contributed by atoms with Crippen molar-refractivity contribution in [2.24, 2.45) is 22.2 Å². The van der Waals surface area contributed by atoms with E-state index in [1.54, 1.807) is 29.4 Å². The fraction of sp³-hybridized carbons (Fsp3) is 0.206. The maximum absolute atomic E-state index is 13.6. The van der Waals surface area contributed by atoms with Gasteiger partial charge in [0, 0.05) is 43.2 Å². The molecule has 1 unspecified atom stereocenters. The summed E-state index contributed by atoms with van der Waals surface area (Å²) in [5.41, 5.74) is 20.4. The summed E-state index contributed by atoms with van der Waals surface area (Å²) in [5.74, 6) is 1.14. The number of primary amides is 1. The van der Waals surface area contributed by atoms with Crippen molar-refractivity contribution in [1.82, 2.24) is 19.4 Å². The minimum Gasteiger partial charge on any atom is -0.457 e. The maximum atomic E-state index is 13.6. The zero-order chi connectivity index (χ0) is 31.8. The number of imidazole rings is 1. The Balaban J connectivity index is 1.56. The molecule has 0 aliphatic carbocycles. The lowest BCUT2D eigenvalue weighted by atomic mass is 10.1. The molecular weight excluding hydrogens is 568 g/mol. The average molecular weight is 605 g/mol. The second-order valence-electron chi connectivity index (χ2n) is 10.5. The van der Waals surface area contributed by atoms with Gasteiger partial charge in [-0.25, -0.2) is 4.98 Å². The third kappa shape index (κ3) is 7.45. The lowest BCUT2D eigenvalue weighted by molar-refractivity contribution is -0.121. The van der Waals surface area contributed by atoms with Gasteiger partial charge in [0.1, 0.15) is 23.4 Å². The molecule has 2 amide bonds. The molecule has 45 heavy (non-hydrogen) atoms. The summed E-state index contributed by atoms with van der Waals surface area (Å²) in [4.78, 5) is 41.4. The van der Waals surface area contributed by atoms with Gasteiger partial charge in [0.05, 0.1) is 11.0 Å². The van der Waals surface area contributed by atoms with Crippen LogP contribution in [0.15, 0.2) is 102 Å². The molecule has 0 aliphatic heterocycles. The van der Waals surface area contributed by atoms with E-state index in [4.69, 9.17) is 26.9 Å². The summed E-state index contributed by atoms with van der Waals surface area (Å²) in [7, 11) is 0. The Morgan fingerprint density at radius 1 is 0.933 bits per heavy atom. The summed E-state index contributed by atoms with van der Waals surface area (Å²) < 4.78 is 7.91. The quantitative estimate of drug-likeness (QED) is 0.1000.